The van der Waals surface area contributed by atoms with E-state index in [1.807, 2.05) is 6.20 Å². The minimum absolute atomic E-state index is 0.544. The third-order valence-electron chi connectivity index (χ3n) is 4.37. The number of aromatic nitrogens is 1. The molecule has 0 unspecified atom stereocenters. The summed E-state index contributed by atoms with van der Waals surface area (Å²) in [5.41, 5.74) is 7.65. The molecule has 22 heavy (non-hydrogen) atoms. The highest BCUT2D eigenvalue weighted by Crippen LogP contribution is 2.32. The lowest BCUT2D eigenvalue weighted by Crippen LogP contribution is -1.95. The lowest BCUT2D eigenvalue weighted by molar-refractivity contribution is 0.859. The van der Waals surface area contributed by atoms with Crippen LogP contribution in [-0.2, 0) is 0 Å². The van der Waals surface area contributed by atoms with Crippen molar-refractivity contribution in [1.29, 1.82) is 0 Å². The molecule has 3 aromatic rings. The zero-order valence-corrected chi connectivity index (χ0v) is 14.1. The molecule has 112 valence electrons. The minimum Gasteiger partial charge on any atom is -0.256 e. The van der Waals surface area contributed by atoms with Crippen LogP contribution < -0.4 is 0 Å². The average Bonchev–Trinajstić information content (AvgIpc) is 2.45. The molecule has 0 N–H and O–H groups in total. The summed E-state index contributed by atoms with van der Waals surface area (Å²) in [6, 6.07) is 13.3. The molecule has 0 saturated heterocycles. The van der Waals surface area contributed by atoms with Crippen LogP contribution in [0.5, 0.6) is 0 Å². The Morgan fingerprint density at radius 3 is 2.14 bits per heavy atom. The maximum absolute atomic E-state index is 4.67. The van der Waals surface area contributed by atoms with Crippen LogP contribution in [0, 0.1) is 20.8 Å². The zero-order valence-electron chi connectivity index (χ0n) is 14.1. The molecule has 1 heterocycles. The second kappa shape index (κ2) is 5.57. The van der Waals surface area contributed by atoms with Crippen LogP contribution in [0.25, 0.3) is 22.0 Å². The van der Waals surface area contributed by atoms with Gasteiger partial charge < -0.3 is 0 Å². The summed E-state index contributed by atoms with van der Waals surface area (Å²) in [6.45, 7) is 11.0. The molecule has 1 aromatic heterocycles. The van der Waals surface area contributed by atoms with Crippen LogP contribution in [-0.4, -0.2) is 4.98 Å². The van der Waals surface area contributed by atoms with E-state index in [0.717, 1.165) is 5.69 Å². The first-order valence-electron chi connectivity index (χ1n) is 7.94. The Hall–Kier alpha value is -2.15. The van der Waals surface area contributed by atoms with Crippen LogP contribution in [0.3, 0.4) is 0 Å². The van der Waals surface area contributed by atoms with E-state index in [9.17, 15) is 0 Å². The molecule has 0 aliphatic carbocycles. The van der Waals surface area contributed by atoms with Gasteiger partial charge in [-0.15, -0.1) is 0 Å². The molecule has 0 amide bonds. The molecule has 0 bridgehead atoms. The van der Waals surface area contributed by atoms with Crippen molar-refractivity contribution in [3.05, 3.63) is 64.8 Å². The molecule has 0 atom stereocenters. The van der Waals surface area contributed by atoms with E-state index in [4.69, 9.17) is 0 Å². The number of nitrogens with zero attached hydrogens (tertiary/aromatic N) is 1. The molecule has 0 radical (unpaired) electrons. The Morgan fingerprint density at radius 1 is 0.818 bits per heavy atom. The topological polar surface area (TPSA) is 12.9 Å². The molecule has 1 nitrogen and oxygen atoms in total. The highest BCUT2D eigenvalue weighted by Gasteiger charge is 2.11. The van der Waals surface area contributed by atoms with Crippen molar-refractivity contribution in [3.63, 3.8) is 0 Å². The second-order valence-corrected chi connectivity index (χ2v) is 6.57. The predicted molar refractivity (Wildman–Crippen MR) is 95.5 cm³/mol. The Bertz CT molecular complexity index is 824. The zero-order chi connectivity index (χ0) is 15.9. The number of hydrogen-bond acceptors (Lipinski definition) is 1. The maximum atomic E-state index is 4.67. The first-order valence-corrected chi connectivity index (χ1v) is 7.94. The summed E-state index contributed by atoms with van der Waals surface area (Å²) in [6.07, 6.45) is 1.94. The molecular formula is C21H23N. The summed E-state index contributed by atoms with van der Waals surface area (Å²) < 4.78 is 0. The van der Waals surface area contributed by atoms with Gasteiger partial charge in [0.1, 0.15) is 0 Å². The first-order chi connectivity index (χ1) is 10.5. The maximum Gasteiger partial charge on any atom is 0.0780 e. The van der Waals surface area contributed by atoms with E-state index < -0.39 is 0 Å². The molecule has 3 rings (SSSR count). The van der Waals surface area contributed by atoms with Crippen molar-refractivity contribution in [2.45, 2.75) is 40.5 Å². The predicted octanol–water partition coefficient (Wildman–Crippen LogP) is 5.95. The molecule has 2 aromatic carbocycles. The first kappa shape index (κ1) is 14.8. The van der Waals surface area contributed by atoms with E-state index >= 15 is 0 Å². The molecular weight excluding hydrogens is 266 g/mol. The van der Waals surface area contributed by atoms with Gasteiger partial charge in [0.25, 0.3) is 0 Å². The van der Waals surface area contributed by atoms with Gasteiger partial charge in [0.15, 0.2) is 0 Å². The number of rotatable bonds is 2. The number of hydrogen-bond donors (Lipinski definition) is 0. The highest BCUT2D eigenvalue weighted by molar-refractivity contribution is 5.97. The summed E-state index contributed by atoms with van der Waals surface area (Å²) in [4.78, 5) is 4.67. The van der Waals surface area contributed by atoms with Crippen LogP contribution in [0.1, 0.15) is 42.0 Å². The Kier molecular flexibility index (Phi) is 3.74. The fraction of sp³-hybridized carbons (Fsp3) is 0.286. The third kappa shape index (κ3) is 2.52. The number of fused-ring (bicyclic) bond motifs is 1. The van der Waals surface area contributed by atoms with Gasteiger partial charge in [0.05, 0.1) is 5.69 Å². The number of benzene rings is 2. The Morgan fingerprint density at radius 2 is 1.50 bits per heavy atom. The standard InChI is InChI=1S/C21H23N/c1-13(2)18-6-7-20-19(16(18)5)8-9-22-21(20)17-11-14(3)10-15(4)12-17/h6-13H,1-5H3. The third-order valence-corrected chi connectivity index (χ3v) is 4.37. The van der Waals surface area contributed by atoms with Gasteiger partial charge in [-0.05, 0) is 61.4 Å². The van der Waals surface area contributed by atoms with E-state index in [2.05, 4.69) is 76.0 Å². The average molecular weight is 289 g/mol. The van der Waals surface area contributed by atoms with Crippen LogP contribution in [0.15, 0.2) is 42.6 Å². The summed E-state index contributed by atoms with van der Waals surface area (Å²) in [7, 11) is 0. The van der Waals surface area contributed by atoms with Crippen LogP contribution in [0.2, 0.25) is 0 Å². The van der Waals surface area contributed by atoms with Gasteiger partial charge in [0, 0.05) is 17.1 Å². The van der Waals surface area contributed by atoms with Gasteiger partial charge in [-0.1, -0.05) is 43.2 Å². The van der Waals surface area contributed by atoms with Crippen LogP contribution >= 0.6 is 0 Å². The molecule has 1 heteroatoms. The Labute approximate surface area is 133 Å². The molecule has 0 saturated carbocycles. The smallest absolute Gasteiger partial charge is 0.0780 e. The van der Waals surface area contributed by atoms with Gasteiger partial charge in [-0.25, -0.2) is 0 Å². The highest BCUT2D eigenvalue weighted by atomic mass is 14.7. The molecule has 0 fully saturated rings. The number of aryl methyl sites for hydroxylation is 3. The molecule has 0 spiro atoms. The fourth-order valence-electron chi connectivity index (χ4n) is 3.39. The van der Waals surface area contributed by atoms with E-state index in [1.165, 1.54) is 38.6 Å². The summed E-state index contributed by atoms with van der Waals surface area (Å²) in [5, 5.41) is 2.56. The fourth-order valence-corrected chi connectivity index (χ4v) is 3.39. The summed E-state index contributed by atoms with van der Waals surface area (Å²) >= 11 is 0. The minimum atomic E-state index is 0.544. The lowest BCUT2D eigenvalue weighted by atomic mass is 9.91. The van der Waals surface area contributed by atoms with Crippen molar-refractivity contribution in [2.24, 2.45) is 0 Å². The van der Waals surface area contributed by atoms with Crippen LogP contribution in [0.4, 0.5) is 0 Å². The molecule has 0 aliphatic heterocycles. The number of pyridine rings is 1. The van der Waals surface area contributed by atoms with E-state index in [1.54, 1.807) is 0 Å². The van der Waals surface area contributed by atoms with Crippen molar-refractivity contribution in [3.8, 4) is 11.3 Å². The monoisotopic (exact) mass is 289 g/mol. The van der Waals surface area contributed by atoms with E-state index in [-0.39, 0.29) is 0 Å². The second-order valence-electron chi connectivity index (χ2n) is 6.57. The van der Waals surface area contributed by atoms with Gasteiger partial charge in [0.2, 0.25) is 0 Å². The van der Waals surface area contributed by atoms with Crippen molar-refractivity contribution >= 4 is 10.8 Å². The largest absolute Gasteiger partial charge is 0.256 e. The SMILES string of the molecule is Cc1cc(C)cc(-c2nccc3c(C)c(C(C)C)ccc23)c1. The van der Waals surface area contributed by atoms with Gasteiger partial charge in [-0.3, -0.25) is 4.98 Å². The summed E-state index contributed by atoms with van der Waals surface area (Å²) in [5.74, 6) is 0.544. The van der Waals surface area contributed by atoms with Crippen molar-refractivity contribution in [1.82, 2.24) is 4.98 Å². The molecule has 0 aliphatic rings. The van der Waals surface area contributed by atoms with Gasteiger partial charge >= 0.3 is 0 Å². The van der Waals surface area contributed by atoms with Crippen molar-refractivity contribution < 1.29 is 0 Å². The van der Waals surface area contributed by atoms with Crippen molar-refractivity contribution in [2.75, 3.05) is 0 Å². The van der Waals surface area contributed by atoms with Gasteiger partial charge in [-0.2, -0.15) is 0 Å². The normalized spacial score (nSPS) is 11.4. The van der Waals surface area contributed by atoms with E-state index in [0.29, 0.717) is 5.92 Å². The quantitative estimate of drug-likeness (QED) is 0.568. The Balaban J connectivity index is 2.30. The lowest BCUT2D eigenvalue weighted by Gasteiger charge is -2.15.